The molecule has 0 radical (unpaired) electrons. The largest absolute Gasteiger partial charge is 0.351 e. The minimum atomic E-state index is -3.81. The highest BCUT2D eigenvalue weighted by atomic mass is 35.5. The number of urea groups is 1. The molecule has 176 valence electrons. The van der Waals surface area contributed by atoms with Crippen molar-refractivity contribution in [3.05, 3.63) is 95.0 Å². The first kappa shape index (κ1) is 24.8. The highest BCUT2D eigenvalue weighted by molar-refractivity contribution is 7.92. The van der Waals surface area contributed by atoms with Crippen LogP contribution in [0.2, 0.25) is 5.02 Å². The fourth-order valence-corrected chi connectivity index (χ4v) is 4.34. The Morgan fingerprint density at radius 1 is 0.971 bits per heavy atom. The Morgan fingerprint density at radius 3 is 2.24 bits per heavy atom. The Labute approximate surface area is 202 Å². The topological polar surface area (TPSA) is 130 Å². The zero-order valence-electron chi connectivity index (χ0n) is 18.2. The van der Waals surface area contributed by atoms with Gasteiger partial charge in [0.15, 0.2) is 0 Å². The van der Waals surface area contributed by atoms with Crippen molar-refractivity contribution in [3.63, 3.8) is 0 Å². The summed E-state index contributed by atoms with van der Waals surface area (Å²) < 4.78 is 27.6. The summed E-state index contributed by atoms with van der Waals surface area (Å²) in [7, 11) is -3.81. The van der Waals surface area contributed by atoms with Crippen molar-refractivity contribution in [2.45, 2.75) is 17.9 Å². The van der Waals surface area contributed by atoms with Crippen LogP contribution in [0.25, 0.3) is 6.08 Å². The second-order valence-electron chi connectivity index (χ2n) is 7.33. The molecule has 3 aromatic rings. The van der Waals surface area contributed by atoms with Crippen molar-refractivity contribution in [2.24, 2.45) is 5.73 Å². The molecule has 8 nitrogen and oxygen atoms in total. The van der Waals surface area contributed by atoms with Gasteiger partial charge in [-0.1, -0.05) is 48.0 Å². The molecule has 3 amide bonds. The predicted octanol–water partition coefficient (Wildman–Crippen LogP) is 4.52. The van der Waals surface area contributed by atoms with Crippen molar-refractivity contribution in [3.8, 4) is 0 Å². The third-order valence-electron chi connectivity index (χ3n) is 4.77. The summed E-state index contributed by atoms with van der Waals surface area (Å²) in [6.45, 7) is 1.83. The molecule has 1 atom stereocenters. The van der Waals surface area contributed by atoms with Crippen LogP contribution in [0, 0.1) is 0 Å². The summed E-state index contributed by atoms with van der Waals surface area (Å²) in [5, 5.41) is 5.60. The number of hydrogen-bond donors (Lipinski definition) is 4. The monoisotopic (exact) mass is 498 g/mol. The minimum absolute atomic E-state index is 0.0666. The van der Waals surface area contributed by atoms with Crippen molar-refractivity contribution in [1.82, 2.24) is 5.32 Å². The van der Waals surface area contributed by atoms with Crippen LogP contribution in [0.3, 0.4) is 0 Å². The van der Waals surface area contributed by atoms with Gasteiger partial charge in [-0.3, -0.25) is 9.52 Å². The minimum Gasteiger partial charge on any atom is -0.351 e. The molecule has 0 spiro atoms. The number of hydrogen-bond acceptors (Lipinski definition) is 4. The van der Waals surface area contributed by atoms with Crippen LogP contribution in [-0.4, -0.2) is 20.4 Å². The van der Waals surface area contributed by atoms with E-state index in [0.717, 1.165) is 5.56 Å². The van der Waals surface area contributed by atoms with E-state index in [2.05, 4.69) is 15.4 Å². The van der Waals surface area contributed by atoms with E-state index in [4.69, 9.17) is 17.3 Å². The number of halogens is 1. The lowest BCUT2D eigenvalue weighted by atomic mass is 10.1. The quantitative estimate of drug-likeness (QED) is 0.340. The number of para-hydroxylation sites is 1. The maximum atomic E-state index is 12.6. The van der Waals surface area contributed by atoms with Crippen molar-refractivity contribution >= 4 is 51.0 Å². The molecule has 0 fully saturated rings. The molecule has 0 bridgehead atoms. The van der Waals surface area contributed by atoms with Crippen LogP contribution in [0.5, 0.6) is 0 Å². The van der Waals surface area contributed by atoms with Crippen LogP contribution >= 0.6 is 11.6 Å². The van der Waals surface area contributed by atoms with Crippen LogP contribution in [0.15, 0.2) is 83.8 Å². The number of carbonyl (C=O) groups excluding carboxylic acids is 2. The van der Waals surface area contributed by atoms with E-state index in [1.807, 2.05) is 6.92 Å². The second kappa shape index (κ2) is 10.9. The molecule has 0 aliphatic heterocycles. The van der Waals surface area contributed by atoms with E-state index in [9.17, 15) is 18.0 Å². The lowest BCUT2D eigenvalue weighted by Gasteiger charge is -2.13. The van der Waals surface area contributed by atoms with E-state index in [1.54, 1.807) is 66.7 Å². The standard InChI is InChI=1S/C24H23ClN4O4S/c1-16(18-9-11-19(12-10-18)28-24(26)31)27-23(30)15-8-17-6-13-20(14-7-17)34(32,33)29-22-5-3-2-4-21(22)25/h2-16,29H,1H3,(H,27,30)(H3,26,28,31). The number of amides is 3. The molecule has 0 aromatic heterocycles. The van der Waals surface area contributed by atoms with Gasteiger partial charge in [0.1, 0.15) is 0 Å². The molecule has 3 aromatic carbocycles. The van der Waals surface area contributed by atoms with Gasteiger partial charge in [0, 0.05) is 11.8 Å². The summed E-state index contributed by atoms with van der Waals surface area (Å²) >= 11 is 6.02. The molecule has 1 unspecified atom stereocenters. The average Bonchev–Trinajstić information content (AvgIpc) is 2.79. The maximum Gasteiger partial charge on any atom is 0.316 e. The number of rotatable bonds is 8. The molecular formula is C24H23ClN4O4S. The first-order valence-corrected chi connectivity index (χ1v) is 12.0. The highest BCUT2D eigenvalue weighted by Crippen LogP contribution is 2.24. The summed E-state index contributed by atoms with van der Waals surface area (Å²) in [6, 6.07) is 18.6. The number of nitrogens with two attached hydrogens (primary N) is 1. The molecule has 0 aliphatic rings. The number of sulfonamides is 1. The lowest BCUT2D eigenvalue weighted by molar-refractivity contribution is -0.117. The van der Waals surface area contributed by atoms with Gasteiger partial charge >= 0.3 is 6.03 Å². The molecule has 10 heteroatoms. The normalized spacial score (nSPS) is 12.2. The van der Waals surface area contributed by atoms with Crippen molar-refractivity contribution < 1.29 is 18.0 Å². The summed E-state index contributed by atoms with van der Waals surface area (Å²) in [5.41, 5.74) is 7.43. The van der Waals surface area contributed by atoms with Crippen LogP contribution in [-0.2, 0) is 14.8 Å². The smallest absolute Gasteiger partial charge is 0.316 e. The van der Waals surface area contributed by atoms with Crippen molar-refractivity contribution in [2.75, 3.05) is 10.0 Å². The number of benzene rings is 3. The maximum absolute atomic E-state index is 12.6. The van der Waals surface area contributed by atoms with Crippen LogP contribution in [0.4, 0.5) is 16.2 Å². The SMILES string of the molecule is CC(NC(=O)C=Cc1ccc(S(=O)(=O)Nc2ccccc2Cl)cc1)c1ccc(NC(N)=O)cc1. The zero-order valence-corrected chi connectivity index (χ0v) is 19.7. The van der Waals surface area contributed by atoms with E-state index < -0.39 is 16.1 Å². The lowest BCUT2D eigenvalue weighted by Crippen LogP contribution is -2.24. The van der Waals surface area contributed by atoms with Gasteiger partial charge in [0.25, 0.3) is 10.0 Å². The second-order valence-corrected chi connectivity index (χ2v) is 9.42. The zero-order chi connectivity index (χ0) is 24.7. The van der Waals surface area contributed by atoms with Gasteiger partial charge in [0.2, 0.25) is 5.91 Å². The summed E-state index contributed by atoms with van der Waals surface area (Å²) in [5.74, 6) is -0.316. The fraction of sp³-hybridized carbons (Fsp3) is 0.0833. The Morgan fingerprint density at radius 2 is 1.62 bits per heavy atom. The van der Waals surface area contributed by atoms with E-state index in [-0.39, 0.29) is 22.5 Å². The number of anilines is 2. The summed E-state index contributed by atoms with van der Waals surface area (Å²) in [4.78, 5) is 23.2. The Balaban J connectivity index is 1.59. The van der Waals surface area contributed by atoms with Gasteiger partial charge in [0.05, 0.1) is 21.6 Å². The molecule has 0 heterocycles. The summed E-state index contributed by atoms with van der Waals surface area (Å²) in [6.07, 6.45) is 2.95. The number of nitrogens with one attached hydrogen (secondary N) is 3. The third kappa shape index (κ3) is 6.84. The first-order valence-electron chi connectivity index (χ1n) is 10.2. The van der Waals surface area contributed by atoms with Gasteiger partial charge in [-0.2, -0.15) is 0 Å². The van der Waals surface area contributed by atoms with Gasteiger partial charge in [-0.05, 0) is 60.5 Å². The van der Waals surface area contributed by atoms with Gasteiger partial charge < -0.3 is 16.4 Å². The Bertz CT molecular complexity index is 1310. The first-order chi connectivity index (χ1) is 16.1. The molecule has 0 aliphatic carbocycles. The van der Waals surface area contributed by atoms with E-state index in [1.165, 1.54) is 18.2 Å². The molecular weight excluding hydrogens is 476 g/mol. The van der Waals surface area contributed by atoms with E-state index in [0.29, 0.717) is 16.3 Å². The van der Waals surface area contributed by atoms with Gasteiger partial charge in [-0.25, -0.2) is 13.2 Å². The van der Waals surface area contributed by atoms with Gasteiger partial charge in [-0.15, -0.1) is 0 Å². The third-order valence-corrected chi connectivity index (χ3v) is 6.48. The Kier molecular flexibility index (Phi) is 7.93. The molecule has 34 heavy (non-hydrogen) atoms. The molecule has 0 saturated carbocycles. The van der Waals surface area contributed by atoms with Crippen LogP contribution in [0.1, 0.15) is 24.1 Å². The number of primary amides is 1. The molecule has 5 N–H and O–H groups in total. The van der Waals surface area contributed by atoms with Crippen molar-refractivity contribution in [1.29, 1.82) is 0 Å². The Hall–Kier alpha value is -3.82. The highest BCUT2D eigenvalue weighted by Gasteiger charge is 2.15. The van der Waals surface area contributed by atoms with E-state index >= 15 is 0 Å². The molecule has 0 saturated heterocycles. The molecule has 3 rings (SSSR count). The predicted molar refractivity (Wildman–Crippen MR) is 134 cm³/mol. The number of carbonyl (C=O) groups is 2. The van der Waals surface area contributed by atoms with Crippen LogP contribution < -0.4 is 21.1 Å². The fourth-order valence-electron chi connectivity index (χ4n) is 3.02. The average molecular weight is 499 g/mol.